The van der Waals surface area contributed by atoms with Gasteiger partial charge in [0.05, 0.1) is 6.21 Å². The van der Waals surface area contributed by atoms with Crippen LogP contribution in [-0.4, -0.2) is 12.8 Å². The van der Waals surface area contributed by atoms with E-state index in [0.29, 0.717) is 12.5 Å². The zero-order valence-corrected chi connectivity index (χ0v) is 11.4. The van der Waals surface area contributed by atoms with E-state index in [1.165, 1.54) is 11.1 Å². The first-order valence-electron chi connectivity index (χ1n) is 6.57. The quantitative estimate of drug-likeness (QED) is 0.573. The molecule has 0 heterocycles. The minimum atomic E-state index is 0.488. The predicted molar refractivity (Wildman–Crippen MR) is 80.3 cm³/mol. The third-order valence-electron chi connectivity index (χ3n) is 2.72. The second kappa shape index (κ2) is 6.74. The van der Waals surface area contributed by atoms with E-state index in [9.17, 15) is 0 Å². The molecule has 98 valence electrons. The van der Waals surface area contributed by atoms with Gasteiger partial charge in [0.25, 0.3) is 0 Å². The lowest BCUT2D eigenvalue weighted by Crippen LogP contribution is -1.97. The fourth-order valence-electron chi connectivity index (χ4n) is 1.78. The van der Waals surface area contributed by atoms with Crippen LogP contribution in [0.2, 0.25) is 0 Å². The fourth-order valence-corrected chi connectivity index (χ4v) is 1.78. The third kappa shape index (κ3) is 3.95. The van der Waals surface area contributed by atoms with Crippen LogP contribution in [0.25, 0.3) is 11.1 Å². The molecule has 19 heavy (non-hydrogen) atoms. The first-order valence-corrected chi connectivity index (χ1v) is 6.57. The van der Waals surface area contributed by atoms with E-state index in [0.717, 1.165) is 5.56 Å². The normalized spacial score (nSPS) is 11.1. The largest absolute Gasteiger partial charge is 0.396 e. The molecule has 2 aromatic carbocycles. The SMILES string of the molecule is CC(C)CO/N=C/c1ccccc1-c1ccccc1. The highest BCUT2D eigenvalue weighted by Crippen LogP contribution is 2.21. The Kier molecular flexibility index (Phi) is 4.73. The smallest absolute Gasteiger partial charge is 0.119 e. The molecule has 0 aromatic heterocycles. The molecule has 0 spiro atoms. The number of benzene rings is 2. The van der Waals surface area contributed by atoms with E-state index in [4.69, 9.17) is 4.84 Å². The van der Waals surface area contributed by atoms with Crippen molar-refractivity contribution in [3.63, 3.8) is 0 Å². The van der Waals surface area contributed by atoms with Crippen molar-refractivity contribution in [2.75, 3.05) is 6.61 Å². The Hall–Kier alpha value is -2.09. The van der Waals surface area contributed by atoms with Gasteiger partial charge in [-0.15, -0.1) is 0 Å². The first-order chi connectivity index (χ1) is 9.27. The number of oxime groups is 1. The zero-order chi connectivity index (χ0) is 13.5. The molecule has 2 rings (SSSR count). The zero-order valence-electron chi connectivity index (χ0n) is 11.4. The molecular weight excluding hydrogens is 234 g/mol. The van der Waals surface area contributed by atoms with Gasteiger partial charge in [0.15, 0.2) is 0 Å². The molecule has 0 saturated heterocycles. The molecule has 0 fully saturated rings. The summed E-state index contributed by atoms with van der Waals surface area (Å²) in [4.78, 5) is 5.26. The summed E-state index contributed by atoms with van der Waals surface area (Å²) < 4.78 is 0. The average molecular weight is 253 g/mol. The van der Waals surface area contributed by atoms with Gasteiger partial charge in [0, 0.05) is 5.56 Å². The summed E-state index contributed by atoms with van der Waals surface area (Å²) in [6.07, 6.45) is 1.78. The molecule has 2 heteroatoms. The van der Waals surface area contributed by atoms with Crippen molar-refractivity contribution in [2.24, 2.45) is 11.1 Å². The highest BCUT2D eigenvalue weighted by Gasteiger charge is 2.01. The second-order valence-electron chi connectivity index (χ2n) is 4.88. The van der Waals surface area contributed by atoms with E-state index in [1.54, 1.807) is 6.21 Å². The van der Waals surface area contributed by atoms with Crippen molar-refractivity contribution >= 4 is 6.21 Å². The van der Waals surface area contributed by atoms with Gasteiger partial charge in [0.1, 0.15) is 6.61 Å². The number of hydrogen-bond acceptors (Lipinski definition) is 2. The van der Waals surface area contributed by atoms with Crippen LogP contribution in [0.1, 0.15) is 19.4 Å². The molecule has 0 aliphatic heterocycles. The standard InChI is InChI=1S/C17H19NO/c1-14(2)13-19-18-12-16-10-6-7-11-17(16)15-8-4-3-5-9-15/h3-12,14H,13H2,1-2H3/b18-12+. The van der Waals surface area contributed by atoms with Gasteiger partial charge in [-0.25, -0.2) is 0 Å². The van der Waals surface area contributed by atoms with Crippen LogP contribution < -0.4 is 0 Å². The first kappa shape index (κ1) is 13.3. The van der Waals surface area contributed by atoms with E-state index < -0.39 is 0 Å². The van der Waals surface area contributed by atoms with Crippen LogP contribution in [-0.2, 0) is 4.84 Å². The molecule has 2 aromatic rings. The summed E-state index contributed by atoms with van der Waals surface area (Å²) in [5.41, 5.74) is 3.42. The van der Waals surface area contributed by atoms with Crippen LogP contribution in [0.3, 0.4) is 0 Å². The summed E-state index contributed by atoms with van der Waals surface area (Å²) in [7, 11) is 0. The van der Waals surface area contributed by atoms with Gasteiger partial charge in [-0.2, -0.15) is 0 Å². The lowest BCUT2D eigenvalue weighted by Gasteiger charge is -2.06. The molecule has 0 saturated carbocycles. The molecular formula is C17H19NO. The summed E-state index contributed by atoms with van der Waals surface area (Å²) in [5, 5.41) is 4.04. The molecule has 0 aliphatic rings. The van der Waals surface area contributed by atoms with Gasteiger partial charge in [-0.05, 0) is 17.0 Å². The lowest BCUT2D eigenvalue weighted by atomic mass is 10.0. The Morgan fingerprint density at radius 2 is 1.68 bits per heavy atom. The molecule has 0 atom stereocenters. The molecule has 0 unspecified atom stereocenters. The van der Waals surface area contributed by atoms with Gasteiger partial charge < -0.3 is 4.84 Å². The number of hydrogen-bond donors (Lipinski definition) is 0. The van der Waals surface area contributed by atoms with Gasteiger partial charge in [-0.3, -0.25) is 0 Å². The Labute approximate surface area is 114 Å². The Morgan fingerprint density at radius 3 is 2.42 bits per heavy atom. The van der Waals surface area contributed by atoms with E-state index >= 15 is 0 Å². The van der Waals surface area contributed by atoms with Crippen molar-refractivity contribution in [3.8, 4) is 11.1 Å². The van der Waals surface area contributed by atoms with Crippen LogP contribution in [0.4, 0.5) is 0 Å². The predicted octanol–water partition coefficient (Wildman–Crippen LogP) is 4.36. The van der Waals surface area contributed by atoms with E-state index in [-0.39, 0.29) is 0 Å². The highest BCUT2D eigenvalue weighted by molar-refractivity contribution is 5.90. The second-order valence-corrected chi connectivity index (χ2v) is 4.88. The van der Waals surface area contributed by atoms with Gasteiger partial charge >= 0.3 is 0 Å². The monoisotopic (exact) mass is 253 g/mol. The van der Waals surface area contributed by atoms with Crippen LogP contribution >= 0.6 is 0 Å². The maximum atomic E-state index is 5.26. The summed E-state index contributed by atoms with van der Waals surface area (Å²) >= 11 is 0. The Bertz CT molecular complexity index is 532. The van der Waals surface area contributed by atoms with Crippen molar-refractivity contribution in [1.29, 1.82) is 0 Å². The fraction of sp³-hybridized carbons (Fsp3) is 0.235. The molecule has 0 N–H and O–H groups in total. The molecule has 2 nitrogen and oxygen atoms in total. The van der Waals surface area contributed by atoms with Crippen LogP contribution in [0.15, 0.2) is 59.8 Å². The minimum Gasteiger partial charge on any atom is -0.396 e. The van der Waals surface area contributed by atoms with Gasteiger partial charge in [0.2, 0.25) is 0 Å². The summed E-state index contributed by atoms with van der Waals surface area (Å²) in [6.45, 7) is 4.85. The Balaban J connectivity index is 2.18. The van der Waals surface area contributed by atoms with E-state index in [2.05, 4.69) is 37.2 Å². The maximum Gasteiger partial charge on any atom is 0.119 e. The van der Waals surface area contributed by atoms with Crippen LogP contribution in [0.5, 0.6) is 0 Å². The lowest BCUT2D eigenvalue weighted by molar-refractivity contribution is 0.120. The minimum absolute atomic E-state index is 0.488. The van der Waals surface area contributed by atoms with Crippen LogP contribution in [0, 0.1) is 5.92 Å². The maximum absolute atomic E-state index is 5.26. The topological polar surface area (TPSA) is 21.6 Å². The molecule has 0 aliphatic carbocycles. The summed E-state index contributed by atoms with van der Waals surface area (Å²) in [6, 6.07) is 18.5. The molecule has 0 amide bonds. The average Bonchev–Trinajstić information content (AvgIpc) is 2.45. The van der Waals surface area contributed by atoms with Crippen molar-refractivity contribution in [1.82, 2.24) is 0 Å². The van der Waals surface area contributed by atoms with Crippen molar-refractivity contribution in [2.45, 2.75) is 13.8 Å². The third-order valence-corrected chi connectivity index (χ3v) is 2.72. The van der Waals surface area contributed by atoms with E-state index in [1.807, 2.05) is 36.4 Å². The van der Waals surface area contributed by atoms with Crippen molar-refractivity contribution in [3.05, 3.63) is 60.2 Å². The van der Waals surface area contributed by atoms with Gasteiger partial charge in [-0.1, -0.05) is 73.6 Å². The number of nitrogens with zero attached hydrogens (tertiary/aromatic N) is 1. The number of rotatable bonds is 5. The summed E-state index contributed by atoms with van der Waals surface area (Å²) in [5.74, 6) is 0.488. The molecule has 0 radical (unpaired) electrons. The van der Waals surface area contributed by atoms with Crippen molar-refractivity contribution < 1.29 is 4.84 Å². The highest BCUT2D eigenvalue weighted by atomic mass is 16.6. The molecule has 0 bridgehead atoms. The Morgan fingerprint density at radius 1 is 1.00 bits per heavy atom.